The van der Waals surface area contributed by atoms with E-state index in [1.807, 2.05) is 36.4 Å². The summed E-state index contributed by atoms with van der Waals surface area (Å²) in [7, 11) is -4.31. The molecule has 4 aromatic rings. The van der Waals surface area contributed by atoms with Gasteiger partial charge in [-0.25, -0.2) is 4.98 Å². The predicted octanol–water partition coefficient (Wildman–Crippen LogP) is 3.91. The molecule has 2 N–H and O–H groups in total. The van der Waals surface area contributed by atoms with Crippen LogP contribution in [0.1, 0.15) is 22.5 Å². The molecule has 8 heteroatoms. The van der Waals surface area contributed by atoms with Gasteiger partial charge in [-0.3, -0.25) is 4.55 Å². The predicted molar refractivity (Wildman–Crippen MR) is 119 cm³/mol. The second-order valence-corrected chi connectivity index (χ2v) is 10.2. The van der Waals surface area contributed by atoms with Crippen LogP contribution in [0.2, 0.25) is 0 Å². The summed E-state index contributed by atoms with van der Waals surface area (Å²) in [5.41, 5.74) is 1.93. The zero-order valence-corrected chi connectivity index (χ0v) is 17.4. The van der Waals surface area contributed by atoms with E-state index in [9.17, 15) is 18.2 Å². The summed E-state index contributed by atoms with van der Waals surface area (Å²) in [6.45, 7) is 1.41. The van der Waals surface area contributed by atoms with E-state index >= 15 is 0 Å². The molecule has 148 valence electrons. The molecule has 0 saturated carbocycles. The van der Waals surface area contributed by atoms with Crippen LogP contribution in [0.3, 0.4) is 0 Å². The van der Waals surface area contributed by atoms with E-state index in [1.165, 1.54) is 30.4 Å². The van der Waals surface area contributed by atoms with Gasteiger partial charge in [-0.2, -0.15) is 13.7 Å². The summed E-state index contributed by atoms with van der Waals surface area (Å²) >= 11 is 1.30. The summed E-state index contributed by atoms with van der Waals surface area (Å²) in [5, 5.41) is 14.3. The number of rotatable bonds is 2. The minimum absolute atomic E-state index is 0.427. The number of aromatic amines is 1. The zero-order valence-electron chi connectivity index (χ0n) is 15.7. The zero-order chi connectivity index (χ0) is 21.1. The van der Waals surface area contributed by atoms with E-state index in [0.717, 1.165) is 26.6 Å². The molecule has 0 aliphatic heterocycles. The molecule has 0 fully saturated rings. The molecule has 0 bridgehead atoms. The standard InChI is InChI=1S/C22H15N3O3S2/c1-22(30(26,27)28)10-8-16-18(9-11-22)29-21(25-16)15(12-23)20-14-6-2-4-13-5-3-7-17(24-20)19(13)14/h2-11,24H,1H3,(H,26,27,28)/b20-15+. The van der Waals surface area contributed by atoms with Crippen molar-refractivity contribution >= 4 is 60.9 Å². The maximum Gasteiger partial charge on any atom is 0.277 e. The number of hydrogen-bond acceptors (Lipinski definition) is 5. The quantitative estimate of drug-likeness (QED) is 0.466. The Morgan fingerprint density at radius 1 is 1.20 bits per heavy atom. The summed E-state index contributed by atoms with van der Waals surface area (Å²) in [5.74, 6) is 0. The lowest BCUT2D eigenvalue weighted by Gasteiger charge is -2.16. The van der Waals surface area contributed by atoms with Crippen molar-refractivity contribution in [2.75, 3.05) is 0 Å². The fourth-order valence-corrected chi connectivity index (χ4v) is 5.10. The number of nitriles is 1. The molecule has 2 heterocycles. The second kappa shape index (κ2) is 6.37. The van der Waals surface area contributed by atoms with Gasteiger partial charge in [0.2, 0.25) is 0 Å². The lowest BCUT2D eigenvalue weighted by Crippen LogP contribution is -2.29. The highest BCUT2D eigenvalue weighted by Gasteiger charge is 2.34. The number of benzene rings is 2. The normalized spacial score (nSPS) is 19.6. The molecule has 0 spiro atoms. The van der Waals surface area contributed by atoms with Crippen molar-refractivity contribution in [2.24, 2.45) is 0 Å². The third-order valence-corrected chi connectivity index (χ3v) is 7.82. The first-order valence-electron chi connectivity index (χ1n) is 9.11. The van der Waals surface area contributed by atoms with Gasteiger partial charge in [0.05, 0.1) is 15.9 Å². The Hall–Kier alpha value is -3.25. The molecule has 2 aromatic carbocycles. The molecular weight excluding hydrogens is 418 g/mol. The van der Waals surface area contributed by atoms with Gasteiger partial charge in [-0.15, -0.1) is 11.3 Å². The van der Waals surface area contributed by atoms with Crippen LogP contribution in [0.25, 0.3) is 39.4 Å². The molecule has 0 saturated heterocycles. The van der Waals surface area contributed by atoms with E-state index in [2.05, 4.69) is 16.0 Å². The van der Waals surface area contributed by atoms with Crippen LogP contribution in [-0.2, 0) is 10.1 Å². The molecule has 30 heavy (non-hydrogen) atoms. The van der Waals surface area contributed by atoms with Gasteiger partial charge < -0.3 is 4.98 Å². The Kier molecular flexibility index (Phi) is 3.98. The molecule has 5 rings (SSSR count). The van der Waals surface area contributed by atoms with Crippen LogP contribution >= 0.6 is 11.3 Å². The van der Waals surface area contributed by atoms with Crippen LogP contribution in [0, 0.1) is 11.3 Å². The largest absolute Gasteiger partial charge is 0.353 e. The maximum atomic E-state index is 11.7. The van der Waals surface area contributed by atoms with E-state index in [0.29, 0.717) is 21.6 Å². The topological polar surface area (TPSA) is 107 Å². The number of nitrogens with zero attached hydrogens (tertiary/aromatic N) is 2. The maximum absolute atomic E-state index is 11.7. The molecule has 6 nitrogen and oxygen atoms in total. The lowest BCUT2D eigenvalue weighted by molar-refractivity contribution is 0.466. The molecule has 0 radical (unpaired) electrons. The van der Waals surface area contributed by atoms with Crippen molar-refractivity contribution in [1.82, 2.24) is 9.97 Å². The fraction of sp³-hybridized carbons (Fsp3) is 0.0909. The average Bonchev–Trinajstić information content (AvgIpc) is 3.24. The Balaban J connectivity index is 1.73. The highest BCUT2D eigenvalue weighted by Crippen LogP contribution is 2.32. The van der Waals surface area contributed by atoms with Crippen molar-refractivity contribution in [1.29, 1.82) is 5.26 Å². The van der Waals surface area contributed by atoms with Crippen LogP contribution in [0.4, 0.5) is 0 Å². The highest BCUT2D eigenvalue weighted by atomic mass is 32.2. The number of hydrogen-bond donors (Lipinski definition) is 2. The van der Waals surface area contributed by atoms with Crippen LogP contribution < -0.4 is 5.35 Å². The van der Waals surface area contributed by atoms with Crippen molar-refractivity contribution < 1.29 is 13.0 Å². The van der Waals surface area contributed by atoms with Crippen LogP contribution in [0.15, 0.2) is 48.6 Å². The summed E-state index contributed by atoms with van der Waals surface area (Å²) in [4.78, 5) is 8.66. The number of aromatic nitrogens is 2. The molecule has 1 atom stereocenters. The smallest absolute Gasteiger partial charge is 0.277 e. The first-order valence-corrected chi connectivity index (χ1v) is 11.4. The first kappa shape index (κ1) is 18.8. The summed E-state index contributed by atoms with van der Waals surface area (Å²) < 4.78 is 31.4. The Morgan fingerprint density at radius 3 is 2.67 bits per heavy atom. The minimum Gasteiger partial charge on any atom is -0.353 e. The minimum atomic E-state index is -4.31. The van der Waals surface area contributed by atoms with Gasteiger partial charge in [0, 0.05) is 16.3 Å². The van der Waals surface area contributed by atoms with Gasteiger partial charge >= 0.3 is 0 Å². The van der Waals surface area contributed by atoms with E-state index in [1.54, 1.807) is 12.2 Å². The highest BCUT2D eigenvalue weighted by molar-refractivity contribution is 7.87. The molecule has 1 unspecified atom stereocenters. The second-order valence-electron chi connectivity index (χ2n) is 7.29. The monoisotopic (exact) mass is 433 g/mol. The summed E-state index contributed by atoms with van der Waals surface area (Å²) in [6, 6.07) is 14.2. The van der Waals surface area contributed by atoms with Gasteiger partial charge in [0.15, 0.2) is 0 Å². The van der Waals surface area contributed by atoms with E-state index < -0.39 is 14.9 Å². The Bertz CT molecular complexity index is 1560. The molecule has 1 aliphatic carbocycles. The van der Waals surface area contributed by atoms with E-state index in [4.69, 9.17) is 0 Å². The van der Waals surface area contributed by atoms with Crippen molar-refractivity contribution in [3.05, 3.63) is 69.5 Å². The molecular formula is C22H15N3O3S2. The van der Waals surface area contributed by atoms with Gasteiger partial charge in [-0.1, -0.05) is 42.5 Å². The Labute approximate surface area is 176 Å². The third-order valence-electron chi connectivity index (χ3n) is 5.38. The third kappa shape index (κ3) is 2.71. The van der Waals surface area contributed by atoms with Crippen molar-refractivity contribution in [3.63, 3.8) is 0 Å². The Morgan fingerprint density at radius 2 is 1.93 bits per heavy atom. The lowest BCUT2D eigenvalue weighted by atomic mass is 10.1. The fourth-order valence-electron chi connectivity index (χ4n) is 3.67. The van der Waals surface area contributed by atoms with Crippen molar-refractivity contribution in [3.8, 4) is 6.07 Å². The number of fused-ring (bicyclic) bond motifs is 1. The van der Waals surface area contributed by atoms with Crippen LogP contribution in [0.5, 0.6) is 0 Å². The van der Waals surface area contributed by atoms with Gasteiger partial charge in [0.25, 0.3) is 10.1 Å². The van der Waals surface area contributed by atoms with Crippen molar-refractivity contribution in [2.45, 2.75) is 11.7 Å². The van der Waals surface area contributed by atoms with Crippen LogP contribution in [-0.4, -0.2) is 27.7 Å². The number of nitrogens with one attached hydrogen (secondary N) is 1. The number of thiazole rings is 1. The SMILES string of the molecule is CC1(S(=O)(=O)O)C=Cc2nc(/C(C#N)=c3/[nH]c4cccc5cccc3c54)sc2C=C1. The molecule has 1 aliphatic rings. The first-order chi connectivity index (χ1) is 14.3. The number of H-pyrrole nitrogens is 1. The van der Waals surface area contributed by atoms with Gasteiger partial charge in [0.1, 0.15) is 21.4 Å². The molecule has 2 aromatic heterocycles. The molecule has 0 amide bonds. The van der Waals surface area contributed by atoms with Gasteiger partial charge in [-0.05, 0) is 30.5 Å². The summed E-state index contributed by atoms with van der Waals surface area (Å²) in [6.07, 6.45) is 6.02. The van der Waals surface area contributed by atoms with E-state index in [-0.39, 0.29) is 0 Å². The average molecular weight is 434 g/mol.